The number of benzene rings is 1. The summed E-state index contributed by atoms with van der Waals surface area (Å²) in [6, 6.07) is 6.18. The summed E-state index contributed by atoms with van der Waals surface area (Å²) in [5, 5.41) is 7.90. The summed E-state index contributed by atoms with van der Waals surface area (Å²) in [7, 11) is 1.79. The minimum atomic E-state index is -0.0928. The molecule has 0 amide bonds. The third-order valence-corrected chi connectivity index (χ3v) is 5.73. The van der Waals surface area contributed by atoms with Gasteiger partial charge in [0.1, 0.15) is 13.2 Å². The number of aryl methyl sites for hydroxylation is 2. The minimum Gasteiger partial charge on any atom is -0.486 e. The molecule has 2 heterocycles. The van der Waals surface area contributed by atoms with E-state index in [9.17, 15) is 0 Å². The van der Waals surface area contributed by atoms with Gasteiger partial charge < -0.3 is 20.1 Å². The Hall–Kier alpha value is -1.55. The van der Waals surface area contributed by atoms with Gasteiger partial charge in [0.25, 0.3) is 0 Å². The second-order valence-electron chi connectivity index (χ2n) is 7.26. The smallest absolute Gasteiger partial charge is 0.191 e. The largest absolute Gasteiger partial charge is 0.486 e. The van der Waals surface area contributed by atoms with Gasteiger partial charge in [-0.15, -0.1) is 35.3 Å². The van der Waals surface area contributed by atoms with Crippen LogP contribution in [0.5, 0.6) is 11.5 Å². The Balaban J connectivity index is 0.00000280. The Morgan fingerprint density at radius 1 is 1.18 bits per heavy atom. The maximum absolute atomic E-state index is 5.72. The quantitative estimate of drug-likeness (QED) is 0.360. The highest BCUT2D eigenvalue weighted by molar-refractivity contribution is 14.0. The molecule has 6 nitrogen and oxygen atoms in total. The topological polar surface area (TPSA) is 67.8 Å². The van der Waals surface area contributed by atoms with Crippen LogP contribution in [0.3, 0.4) is 0 Å². The average molecular weight is 516 g/mol. The first-order valence-electron chi connectivity index (χ1n) is 9.16. The molecule has 2 N–H and O–H groups in total. The summed E-state index contributed by atoms with van der Waals surface area (Å²) in [5.41, 5.74) is 2.19. The number of hydrogen-bond donors (Lipinski definition) is 2. The molecule has 2 aromatic rings. The zero-order valence-corrected chi connectivity index (χ0v) is 20.2. The maximum Gasteiger partial charge on any atom is 0.191 e. The van der Waals surface area contributed by atoms with Crippen LogP contribution in [0.15, 0.2) is 23.2 Å². The van der Waals surface area contributed by atoms with Gasteiger partial charge in [0.05, 0.1) is 17.2 Å². The third-order valence-electron chi connectivity index (χ3n) is 4.66. The van der Waals surface area contributed by atoms with E-state index in [1.165, 1.54) is 10.4 Å². The van der Waals surface area contributed by atoms with Crippen molar-refractivity contribution in [1.82, 2.24) is 15.6 Å². The lowest BCUT2D eigenvalue weighted by molar-refractivity contribution is 0.171. The molecular formula is C20H29IN4O2S. The summed E-state index contributed by atoms with van der Waals surface area (Å²) in [4.78, 5) is 10.0. The molecular weight excluding hydrogens is 487 g/mol. The molecule has 0 atom stereocenters. The summed E-state index contributed by atoms with van der Waals surface area (Å²) in [5.74, 6) is 2.43. The van der Waals surface area contributed by atoms with Crippen LogP contribution in [0.4, 0.5) is 0 Å². The Morgan fingerprint density at radius 2 is 1.89 bits per heavy atom. The number of aliphatic imine (C=N–C) groups is 1. The van der Waals surface area contributed by atoms with Gasteiger partial charge in [0.2, 0.25) is 0 Å². The highest BCUT2D eigenvalue weighted by atomic mass is 127. The molecule has 0 spiro atoms. The summed E-state index contributed by atoms with van der Waals surface area (Å²) in [6.07, 6.45) is 0. The first-order chi connectivity index (χ1) is 12.9. The van der Waals surface area contributed by atoms with E-state index in [0.717, 1.165) is 41.2 Å². The molecule has 0 fully saturated rings. The Bertz CT molecular complexity index is 836. The number of aromatic nitrogens is 1. The van der Waals surface area contributed by atoms with Gasteiger partial charge in [-0.2, -0.15) is 0 Å². The van der Waals surface area contributed by atoms with Crippen LogP contribution >= 0.6 is 35.3 Å². The lowest BCUT2D eigenvalue weighted by atomic mass is 9.84. The van der Waals surface area contributed by atoms with Crippen LogP contribution in [-0.2, 0) is 12.0 Å². The number of ether oxygens (including phenoxy) is 2. The number of rotatable bonds is 5. The van der Waals surface area contributed by atoms with Crippen molar-refractivity contribution in [1.29, 1.82) is 0 Å². The first kappa shape index (κ1) is 22.7. The number of nitrogens with one attached hydrogen (secondary N) is 2. The number of halogens is 1. The Morgan fingerprint density at radius 3 is 2.54 bits per heavy atom. The van der Waals surface area contributed by atoms with Gasteiger partial charge in [-0.05, 0) is 31.5 Å². The molecule has 0 saturated carbocycles. The minimum absolute atomic E-state index is 0. The molecule has 1 aromatic heterocycles. The Kier molecular flexibility index (Phi) is 7.94. The number of guanidine groups is 1. The average Bonchev–Trinajstić information content (AvgIpc) is 2.98. The van der Waals surface area contributed by atoms with E-state index < -0.39 is 0 Å². The van der Waals surface area contributed by atoms with Crippen molar-refractivity contribution < 1.29 is 9.47 Å². The van der Waals surface area contributed by atoms with Crippen molar-refractivity contribution in [3.63, 3.8) is 0 Å². The molecule has 0 unspecified atom stereocenters. The molecule has 0 bridgehead atoms. The van der Waals surface area contributed by atoms with Crippen LogP contribution in [0, 0.1) is 13.8 Å². The van der Waals surface area contributed by atoms with Crippen molar-refractivity contribution in [2.24, 2.45) is 4.99 Å². The highest BCUT2D eigenvalue weighted by Crippen LogP contribution is 2.34. The summed E-state index contributed by atoms with van der Waals surface area (Å²) < 4.78 is 11.3. The molecule has 28 heavy (non-hydrogen) atoms. The van der Waals surface area contributed by atoms with E-state index >= 15 is 0 Å². The number of hydrogen-bond acceptors (Lipinski definition) is 5. The van der Waals surface area contributed by atoms with E-state index in [1.54, 1.807) is 18.4 Å². The summed E-state index contributed by atoms with van der Waals surface area (Å²) in [6.45, 7) is 11.2. The van der Waals surface area contributed by atoms with Gasteiger partial charge in [-0.25, -0.2) is 4.98 Å². The normalized spacial score (nSPS) is 13.7. The van der Waals surface area contributed by atoms with Crippen molar-refractivity contribution in [2.75, 3.05) is 26.8 Å². The maximum atomic E-state index is 5.72. The zero-order valence-electron chi connectivity index (χ0n) is 17.1. The van der Waals surface area contributed by atoms with Crippen molar-refractivity contribution in [3.8, 4) is 11.5 Å². The van der Waals surface area contributed by atoms with E-state index in [0.29, 0.717) is 13.2 Å². The second kappa shape index (κ2) is 9.78. The third kappa shape index (κ3) is 5.50. The lowest BCUT2D eigenvalue weighted by Gasteiger charge is -2.28. The Labute approximate surface area is 188 Å². The van der Waals surface area contributed by atoms with Crippen molar-refractivity contribution in [2.45, 2.75) is 39.7 Å². The van der Waals surface area contributed by atoms with Gasteiger partial charge in [0.15, 0.2) is 17.5 Å². The summed E-state index contributed by atoms with van der Waals surface area (Å²) >= 11 is 1.72. The fourth-order valence-electron chi connectivity index (χ4n) is 2.99. The van der Waals surface area contributed by atoms with E-state index in [4.69, 9.17) is 9.47 Å². The second-order valence-corrected chi connectivity index (χ2v) is 8.55. The fraction of sp³-hybridized carbons (Fsp3) is 0.500. The molecule has 1 aromatic carbocycles. The van der Waals surface area contributed by atoms with Crippen molar-refractivity contribution in [3.05, 3.63) is 39.3 Å². The number of fused-ring (bicyclic) bond motifs is 1. The predicted molar refractivity (Wildman–Crippen MR) is 126 cm³/mol. The van der Waals surface area contributed by atoms with Crippen LogP contribution in [0.25, 0.3) is 0 Å². The van der Waals surface area contributed by atoms with Crippen LogP contribution in [0.1, 0.15) is 35.0 Å². The van der Waals surface area contributed by atoms with Crippen LogP contribution < -0.4 is 20.1 Å². The number of nitrogens with zero attached hydrogens (tertiary/aromatic N) is 2. The molecule has 0 aliphatic carbocycles. The lowest BCUT2D eigenvalue weighted by Crippen LogP contribution is -2.43. The molecule has 0 radical (unpaired) electrons. The SMILES string of the molecule is CN=C(NCc1sc(C)nc1C)NCC(C)(C)c1ccc2c(c1)OCCO2.I. The zero-order chi connectivity index (χ0) is 19.4. The van der Waals surface area contributed by atoms with Crippen LogP contribution in [0.2, 0.25) is 0 Å². The molecule has 154 valence electrons. The molecule has 1 aliphatic rings. The number of thiazole rings is 1. The predicted octanol–water partition coefficient (Wildman–Crippen LogP) is 3.79. The fourth-order valence-corrected chi connectivity index (χ4v) is 3.87. The van der Waals surface area contributed by atoms with Gasteiger partial charge in [-0.1, -0.05) is 19.9 Å². The standard InChI is InChI=1S/C20H28N4O2S.HI/c1-13-18(27-14(2)24-13)11-22-19(21-5)23-12-20(3,4)15-6-7-16-17(10-15)26-9-8-25-16;/h6-7,10H,8-9,11-12H2,1-5H3,(H2,21,22,23);1H. The molecule has 0 saturated heterocycles. The van der Waals surface area contributed by atoms with E-state index in [1.807, 2.05) is 19.9 Å². The monoisotopic (exact) mass is 516 g/mol. The van der Waals surface area contributed by atoms with Crippen LogP contribution in [-0.4, -0.2) is 37.7 Å². The highest BCUT2D eigenvalue weighted by Gasteiger charge is 2.24. The molecule has 3 rings (SSSR count). The van der Waals surface area contributed by atoms with E-state index in [-0.39, 0.29) is 29.4 Å². The first-order valence-corrected chi connectivity index (χ1v) is 9.98. The molecule has 8 heteroatoms. The van der Waals surface area contributed by atoms with Gasteiger partial charge in [0, 0.05) is 23.9 Å². The van der Waals surface area contributed by atoms with Gasteiger partial charge >= 0.3 is 0 Å². The van der Waals surface area contributed by atoms with E-state index in [2.05, 4.69) is 46.6 Å². The molecule has 1 aliphatic heterocycles. The van der Waals surface area contributed by atoms with Gasteiger partial charge in [-0.3, -0.25) is 4.99 Å². The van der Waals surface area contributed by atoms with Crippen molar-refractivity contribution >= 4 is 41.3 Å².